The van der Waals surface area contributed by atoms with E-state index in [1.165, 1.54) is 6.20 Å². The number of hydrogen-bond acceptors (Lipinski definition) is 4. The SMILES string of the molecule is CCn1ncc(Cl)c1C(=O)N1CCCC1c1cc(C(C)C)no1. The smallest absolute Gasteiger partial charge is 0.274 e. The van der Waals surface area contributed by atoms with Crippen LogP contribution in [0.2, 0.25) is 5.02 Å². The maximum atomic E-state index is 13.0. The van der Waals surface area contributed by atoms with Gasteiger partial charge in [-0.15, -0.1) is 0 Å². The molecule has 0 bridgehead atoms. The van der Waals surface area contributed by atoms with Gasteiger partial charge >= 0.3 is 0 Å². The molecule has 1 aliphatic rings. The fourth-order valence-electron chi connectivity index (χ4n) is 2.99. The van der Waals surface area contributed by atoms with Crippen molar-refractivity contribution in [3.05, 3.63) is 34.4 Å². The number of aryl methyl sites for hydroxylation is 1. The summed E-state index contributed by atoms with van der Waals surface area (Å²) in [5.74, 6) is 0.951. The predicted octanol–water partition coefficient (Wildman–Crippen LogP) is 3.65. The molecule has 1 fully saturated rings. The number of nitrogens with zero attached hydrogens (tertiary/aromatic N) is 4. The molecule has 1 saturated heterocycles. The van der Waals surface area contributed by atoms with Gasteiger partial charge in [0, 0.05) is 19.2 Å². The van der Waals surface area contributed by atoms with Gasteiger partial charge < -0.3 is 9.42 Å². The number of likely N-dealkylation sites (tertiary alicyclic amines) is 1. The fraction of sp³-hybridized carbons (Fsp3) is 0.562. The van der Waals surface area contributed by atoms with E-state index >= 15 is 0 Å². The molecule has 7 heteroatoms. The molecule has 0 aliphatic carbocycles. The van der Waals surface area contributed by atoms with Crippen LogP contribution in [0.4, 0.5) is 0 Å². The molecule has 1 atom stereocenters. The number of carbonyl (C=O) groups excluding carboxylic acids is 1. The van der Waals surface area contributed by atoms with Crippen LogP contribution in [-0.2, 0) is 6.54 Å². The van der Waals surface area contributed by atoms with Gasteiger partial charge in [0.1, 0.15) is 5.69 Å². The molecule has 0 spiro atoms. The number of hydrogen-bond donors (Lipinski definition) is 0. The molecule has 0 aromatic carbocycles. The van der Waals surface area contributed by atoms with Gasteiger partial charge in [-0.05, 0) is 25.7 Å². The molecule has 23 heavy (non-hydrogen) atoms. The van der Waals surface area contributed by atoms with Crippen LogP contribution in [0.25, 0.3) is 0 Å². The third-order valence-corrected chi connectivity index (χ3v) is 4.55. The van der Waals surface area contributed by atoms with Crippen molar-refractivity contribution < 1.29 is 9.32 Å². The first kappa shape index (κ1) is 16.1. The highest BCUT2D eigenvalue weighted by atomic mass is 35.5. The average Bonchev–Trinajstić information content (AvgIpc) is 3.24. The van der Waals surface area contributed by atoms with E-state index in [9.17, 15) is 4.79 Å². The van der Waals surface area contributed by atoms with Crippen molar-refractivity contribution in [1.82, 2.24) is 19.8 Å². The number of aromatic nitrogens is 3. The number of amides is 1. The van der Waals surface area contributed by atoms with Crippen molar-refractivity contribution in [2.75, 3.05) is 6.54 Å². The molecular formula is C16H21ClN4O2. The molecule has 1 unspecified atom stereocenters. The third-order valence-electron chi connectivity index (χ3n) is 4.28. The van der Waals surface area contributed by atoms with Crippen molar-refractivity contribution in [3.63, 3.8) is 0 Å². The van der Waals surface area contributed by atoms with Gasteiger partial charge in [0.15, 0.2) is 5.76 Å². The quantitative estimate of drug-likeness (QED) is 0.855. The van der Waals surface area contributed by atoms with Crippen LogP contribution in [-0.4, -0.2) is 32.3 Å². The minimum absolute atomic E-state index is 0.0845. The van der Waals surface area contributed by atoms with Crippen LogP contribution in [0.1, 0.15) is 67.5 Å². The van der Waals surface area contributed by atoms with Crippen molar-refractivity contribution in [2.24, 2.45) is 0 Å². The normalized spacial score (nSPS) is 18.1. The lowest BCUT2D eigenvalue weighted by Crippen LogP contribution is -2.32. The molecule has 6 nitrogen and oxygen atoms in total. The lowest BCUT2D eigenvalue weighted by molar-refractivity contribution is 0.0702. The van der Waals surface area contributed by atoms with Gasteiger partial charge in [0.05, 0.1) is 23.0 Å². The van der Waals surface area contributed by atoms with Crippen LogP contribution in [0, 0.1) is 0 Å². The molecular weight excluding hydrogens is 316 g/mol. The van der Waals surface area contributed by atoms with Gasteiger partial charge in [-0.25, -0.2) is 0 Å². The van der Waals surface area contributed by atoms with E-state index in [1.54, 1.807) is 4.68 Å². The third kappa shape index (κ3) is 2.87. The van der Waals surface area contributed by atoms with E-state index < -0.39 is 0 Å². The van der Waals surface area contributed by atoms with Gasteiger partial charge in [-0.1, -0.05) is 30.6 Å². The monoisotopic (exact) mass is 336 g/mol. The number of halogens is 1. The molecule has 0 radical (unpaired) electrons. The summed E-state index contributed by atoms with van der Waals surface area (Å²) in [6, 6.07) is 1.87. The van der Waals surface area contributed by atoms with Crippen LogP contribution >= 0.6 is 11.6 Å². The van der Waals surface area contributed by atoms with E-state index in [-0.39, 0.29) is 11.9 Å². The van der Waals surface area contributed by atoms with E-state index in [2.05, 4.69) is 24.1 Å². The van der Waals surface area contributed by atoms with E-state index in [0.717, 1.165) is 24.3 Å². The summed E-state index contributed by atoms with van der Waals surface area (Å²) in [5.41, 5.74) is 1.36. The largest absolute Gasteiger partial charge is 0.359 e. The summed E-state index contributed by atoms with van der Waals surface area (Å²) in [6.45, 7) is 7.36. The number of rotatable bonds is 4. The van der Waals surface area contributed by atoms with E-state index in [4.69, 9.17) is 16.1 Å². The summed E-state index contributed by atoms with van der Waals surface area (Å²) in [5, 5.41) is 8.66. The summed E-state index contributed by atoms with van der Waals surface area (Å²) in [6.07, 6.45) is 3.33. The molecule has 1 amide bonds. The van der Waals surface area contributed by atoms with Crippen LogP contribution in [0.3, 0.4) is 0 Å². The molecule has 3 rings (SSSR count). The Labute approximate surface area is 140 Å². The maximum Gasteiger partial charge on any atom is 0.274 e. The summed E-state index contributed by atoms with van der Waals surface area (Å²) in [4.78, 5) is 14.8. The highest BCUT2D eigenvalue weighted by Crippen LogP contribution is 2.35. The number of carbonyl (C=O) groups is 1. The summed E-state index contributed by atoms with van der Waals surface area (Å²) < 4.78 is 7.13. The maximum absolute atomic E-state index is 13.0. The molecule has 0 N–H and O–H groups in total. The van der Waals surface area contributed by atoms with Crippen LogP contribution in [0.5, 0.6) is 0 Å². The Morgan fingerprint density at radius 2 is 2.30 bits per heavy atom. The van der Waals surface area contributed by atoms with Gasteiger partial charge in [0.25, 0.3) is 5.91 Å². The van der Waals surface area contributed by atoms with Crippen LogP contribution in [0.15, 0.2) is 16.8 Å². The van der Waals surface area contributed by atoms with Crippen molar-refractivity contribution >= 4 is 17.5 Å². The predicted molar refractivity (Wildman–Crippen MR) is 86.5 cm³/mol. The standard InChI is InChI=1S/C16H21ClN4O2/c1-4-21-15(11(17)9-18-21)16(22)20-7-5-6-13(20)14-8-12(10(2)3)19-23-14/h8-10,13H,4-7H2,1-3H3. The lowest BCUT2D eigenvalue weighted by Gasteiger charge is -2.23. The Hall–Kier alpha value is -1.82. The zero-order valence-electron chi connectivity index (χ0n) is 13.6. The Bertz CT molecular complexity index is 707. The summed E-state index contributed by atoms with van der Waals surface area (Å²) >= 11 is 6.17. The molecule has 2 aromatic heterocycles. The molecule has 3 heterocycles. The molecule has 124 valence electrons. The average molecular weight is 337 g/mol. The topological polar surface area (TPSA) is 64.2 Å². The highest BCUT2D eigenvalue weighted by molar-refractivity contribution is 6.33. The highest BCUT2D eigenvalue weighted by Gasteiger charge is 2.35. The van der Waals surface area contributed by atoms with E-state index in [1.807, 2.05) is 17.9 Å². The first-order valence-corrected chi connectivity index (χ1v) is 8.39. The van der Waals surface area contributed by atoms with Gasteiger partial charge in [0.2, 0.25) is 0 Å². The first-order valence-electron chi connectivity index (χ1n) is 8.01. The molecule has 2 aromatic rings. The van der Waals surface area contributed by atoms with Crippen molar-refractivity contribution in [1.29, 1.82) is 0 Å². The minimum atomic E-state index is -0.0978. The van der Waals surface area contributed by atoms with Crippen molar-refractivity contribution in [2.45, 2.75) is 52.1 Å². The second-order valence-electron chi connectivity index (χ2n) is 6.12. The lowest BCUT2D eigenvalue weighted by atomic mass is 10.1. The zero-order chi connectivity index (χ0) is 16.6. The Balaban J connectivity index is 1.88. The Kier molecular flexibility index (Phi) is 4.43. The fourth-order valence-corrected chi connectivity index (χ4v) is 3.21. The Morgan fingerprint density at radius 1 is 1.52 bits per heavy atom. The molecule has 1 aliphatic heterocycles. The van der Waals surface area contributed by atoms with E-state index in [0.29, 0.717) is 29.7 Å². The van der Waals surface area contributed by atoms with Gasteiger partial charge in [-0.2, -0.15) is 5.10 Å². The zero-order valence-corrected chi connectivity index (χ0v) is 14.4. The Morgan fingerprint density at radius 3 is 2.96 bits per heavy atom. The van der Waals surface area contributed by atoms with Crippen LogP contribution < -0.4 is 0 Å². The summed E-state index contributed by atoms with van der Waals surface area (Å²) in [7, 11) is 0. The first-order chi connectivity index (χ1) is 11.0. The second kappa shape index (κ2) is 6.35. The molecule has 0 saturated carbocycles. The van der Waals surface area contributed by atoms with Gasteiger partial charge in [-0.3, -0.25) is 9.48 Å². The minimum Gasteiger partial charge on any atom is -0.359 e. The second-order valence-corrected chi connectivity index (χ2v) is 6.53. The van der Waals surface area contributed by atoms with Crippen molar-refractivity contribution in [3.8, 4) is 0 Å².